The van der Waals surface area contributed by atoms with Crippen molar-refractivity contribution in [1.82, 2.24) is 9.55 Å². The van der Waals surface area contributed by atoms with Crippen molar-refractivity contribution in [1.29, 1.82) is 0 Å². The minimum Gasteiger partial charge on any atom is -0.508 e. The molecule has 0 aliphatic heterocycles. The fourth-order valence-electron chi connectivity index (χ4n) is 7.99. The Labute approximate surface area is 356 Å². The van der Waals surface area contributed by atoms with Crippen LogP contribution in [-0.4, -0.2) is 145 Å². The van der Waals surface area contributed by atoms with Crippen LogP contribution in [0.2, 0.25) is 0 Å². The maximum absolute atomic E-state index is 12.2. The van der Waals surface area contributed by atoms with Gasteiger partial charge in [-0.25, -0.2) is 4.98 Å². The number of para-hydroxylation sites is 2. The van der Waals surface area contributed by atoms with Gasteiger partial charge in [-0.2, -0.15) is 0 Å². The second-order valence-electron chi connectivity index (χ2n) is 14.2. The summed E-state index contributed by atoms with van der Waals surface area (Å²) in [5.74, 6) is -0.613. The van der Waals surface area contributed by atoms with Crippen LogP contribution in [0.1, 0.15) is 5.82 Å². The Balaban J connectivity index is 1.65. The first-order valence-electron chi connectivity index (χ1n) is 17.3. The molecule has 0 atom stereocenters. The Hall–Kier alpha value is -4.41. The molecule has 2 N–H and O–H groups in total. The number of nitrogens with zero attached hydrogens (tertiary/aromatic N) is 2. The number of aromatic hydroxyl groups is 1. The highest BCUT2D eigenvalue weighted by Crippen LogP contribution is 2.44. The van der Waals surface area contributed by atoms with Crippen molar-refractivity contribution in [2.75, 3.05) is 0 Å². The van der Waals surface area contributed by atoms with Crippen LogP contribution in [0, 0.1) is 0 Å². The predicted molar refractivity (Wildman–Crippen MR) is 257 cm³/mol. The minimum atomic E-state index is -2.37. The van der Waals surface area contributed by atoms with Crippen LogP contribution in [0.5, 0.6) is 5.75 Å². The van der Waals surface area contributed by atoms with Gasteiger partial charge in [-0.15, -0.1) is 27.3 Å². The van der Waals surface area contributed by atoms with Crippen LogP contribution in [-0.2, 0) is 5.40 Å². The molecule has 8 aromatic rings. The van der Waals surface area contributed by atoms with E-state index >= 15 is 0 Å². The quantitative estimate of drug-likeness (QED) is 0.142. The van der Waals surface area contributed by atoms with E-state index in [1.807, 2.05) is 0 Å². The summed E-state index contributed by atoms with van der Waals surface area (Å²) in [6, 6.07) is 14.0. The van der Waals surface area contributed by atoms with Gasteiger partial charge < -0.3 is 10.2 Å². The number of phenols is 1. The lowest BCUT2D eigenvalue weighted by molar-refractivity contribution is 0.205. The summed E-state index contributed by atoms with van der Waals surface area (Å²) in [6.45, 7) is 0. The Morgan fingerprint density at radius 3 is 1.48 bits per heavy atom. The highest BCUT2D eigenvalue weighted by molar-refractivity contribution is 6.74. The maximum atomic E-state index is 12.2. The highest BCUT2D eigenvalue weighted by atomic mass is 16.3. The Bertz CT molecular complexity index is 3100. The van der Waals surface area contributed by atoms with Gasteiger partial charge in [0.25, 0.3) is 0 Å². The summed E-state index contributed by atoms with van der Waals surface area (Å²) >= 11 is 0. The molecule has 232 valence electrons. The summed E-state index contributed by atoms with van der Waals surface area (Å²) in [5, 5.41) is 21.3. The van der Waals surface area contributed by atoms with E-state index in [0.29, 0.717) is 22.3 Å². The van der Waals surface area contributed by atoms with Gasteiger partial charge in [0.05, 0.1) is 11.0 Å². The van der Waals surface area contributed by atoms with Crippen LogP contribution >= 0.6 is 0 Å². The highest BCUT2D eigenvalue weighted by Gasteiger charge is 2.29. The van der Waals surface area contributed by atoms with Gasteiger partial charge in [-0.05, 0) is 73.5 Å². The molecule has 0 saturated carbocycles. The first kappa shape index (κ1) is 40.4. The topological polar surface area (TPSA) is 58.3 Å². The average Bonchev–Trinajstić information content (AvgIpc) is 3.60. The summed E-state index contributed by atoms with van der Waals surface area (Å²) < 4.78 is 1.59. The number of hydrogen-bond acceptors (Lipinski definition) is 3. The second kappa shape index (κ2) is 13.8. The van der Waals surface area contributed by atoms with Crippen molar-refractivity contribution in [2.24, 2.45) is 0 Å². The third-order valence-corrected chi connectivity index (χ3v) is 10.8. The number of hydrogen-bond donors (Lipinski definition) is 2. The van der Waals surface area contributed by atoms with Gasteiger partial charge in [0, 0.05) is 16.5 Å². The molecular weight excluding hydrogens is 689 g/mol. The molecule has 1 heterocycles. The Morgan fingerprint density at radius 2 is 0.914 bits per heavy atom. The molecule has 0 saturated heterocycles. The molecule has 4 nitrogen and oxygen atoms in total. The molecule has 0 amide bonds. The zero-order valence-corrected chi connectivity index (χ0v) is 30.6. The fourth-order valence-corrected chi connectivity index (χ4v) is 7.99. The zero-order valence-electron chi connectivity index (χ0n) is 30.6. The summed E-state index contributed by atoms with van der Waals surface area (Å²) in [5.41, 5.74) is 0.896. The number of fused-ring (bicyclic) bond motifs is 4. The minimum absolute atomic E-state index is 0.00409. The molecule has 0 spiro atoms. The van der Waals surface area contributed by atoms with Crippen molar-refractivity contribution in [2.45, 2.75) is 5.40 Å². The number of aromatic nitrogens is 2. The van der Waals surface area contributed by atoms with E-state index in [9.17, 15) is 10.2 Å². The smallest absolute Gasteiger partial charge is 0.127 e. The first-order valence-corrected chi connectivity index (χ1v) is 17.3. The van der Waals surface area contributed by atoms with Crippen molar-refractivity contribution in [3.8, 4) is 33.7 Å². The van der Waals surface area contributed by atoms with E-state index in [2.05, 4.69) is 4.98 Å². The normalized spacial score (nSPS) is 12.0. The third-order valence-electron chi connectivity index (χ3n) is 10.8. The van der Waals surface area contributed by atoms with Crippen LogP contribution in [0.3, 0.4) is 0 Å². The summed E-state index contributed by atoms with van der Waals surface area (Å²) in [7, 11) is 105. The van der Waals surface area contributed by atoms with Crippen LogP contribution < -0.4 is 76.5 Å². The molecule has 0 bridgehead atoms. The van der Waals surface area contributed by atoms with Crippen molar-refractivity contribution in [3.63, 3.8) is 0 Å². The van der Waals surface area contributed by atoms with Crippen molar-refractivity contribution in [3.05, 3.63) is 54.4 Å². The van der Waals surface area contributed by atoms with Crippen LogP contribution in [0.4, 0.5) is 0 Å². The predicted octanol–water partition coefficient (Wildman–Crippen LogP) is -8.92. The molecular formula is C38H10B16N2O2. The fraction of sp³-hybridized carbons (Fsp3) is 0.0263. The van der Waals surface area contributed by atoms with E-state index in [1.54, 1.807) is 53.1 Å². The van der Waals surface area contributed by atoms with E-state index in [0.717, 1.165) is 0 Å². The van der Waals surface area contributed by atoms with E-state index < -0.39 is 11.1 Å². The Morgan fingerprint density at radius 1 is 0.448 bits per heavy atom. The molecule has 0 aliphatic carbocycles. The molecule has 0 fully saturated rings. The maximum Gasteiger partial charge on any atom is 0.127 e. The first-order chi connectivity index (χ1) is 27.2. The van der Waals surface area contributed by atoms with Gasteiger partial charge in [-0.3, -0.25) is 4.57 Å². The largest absolute Gasteiger partial charge is 0.508 e. The number of benzene rings is 7. The van der Waals surface area contributed by atoms with Gasteiger partial charge in [0.1, 0.15) is 137 Å². The molecule has 0 aliphatic rings. The van der Waals surface area contributed by atoms with Gasteiger partial charge >= 0.3 is 0 Å². The molecule has 8 rings (SSSR count). The van der Waals surface area contributed by atoms with Gasteiger partial charge in [0.2, 0.25) is 0 Å². The standard InChI is InChI=1S/C38H10B16N2O2/c39-22-19(26(43)27(44)21-20(22)28(45)32(49)33(50)29(21)46)14-17-15(23(40)30(47)31(48)25(17)42)13(16-18(14)36(57)35(52)34(51)24(16)41)9-4-3-5-10(8-9)56-12-7-2-1-6-11(12)55-37(56)38(53,54)58/h1-8,57-58H. The molecule has 7 aromatic carbocycles. The summed E-state index contributed by atoms with van der Waals surface area (Å²) in [6.07, 6.45) is 0. The van der Waals surface area contributed by atoms with Crippen molar-refractivity contribution >= 4 is 245 Å². The molecule has 1 aromatic heterocycles. The van der Waals surface area contributed by atoms with E-state index in [4.69, 9.17) is 126 Å². The number of phenolic OH excluding ortho intramolecular Hbond substituents is 1. The molecule has 20 heteroatoms. The van der Waals surface area contributed by atoms with Gasteiger partial charge in [0.15, 0.2) is 0 Å². The molecule has 32 radical (unpaired) electrons. The number of aliphatic hydroxyl groups is 1. The second-order valence-corrected chi connectivity index (χ2v) is 14.2. The van der Waals surface area contributed by atoms with E-state index in [1.165, 1.54) is 0 Å². The zero-order chi connectivity index (χ0) is 42.2. The van der Waals surface area contributed by atoms with E-state index in [-0.39, 0.29) is 131 Å². The lowest BCUT2D eigenvalue weighted by atomic mass is 9.57. The van der Waals surface area contributed by atoms with Crippen molar-refractivity contribution < 1.29 is 10.2 Å². The SMILES string of the molecule is [B]c1c([B])c([B])c2c([B])c(-c3c4c([B])c([B])c([B])c([B])c4c(-c4cccc(-n5c(C([B])([B])O)nc6ccccc65)c4)c4c([B])c([B])c([B])c(O)c34)c([B])c([B])c2c1[B]. The average molecular weight is 700 g/mol. The summed E-state index contributed by atoms with van der Waals surface area (Å²) in [4.78, 5) is 4.52. The van der Waals surface area contributed by atoms with Crippen LogP contribution in [0.25, 0.3) is 71.3 Å². The molecule has 58 heavy (non-hydrogen) atoms. The van der Waals surface area contributed by atoms with Crippen LogP contribution in [0.15, 0.2) is 48.5 Å². The third kappa shape index (κ3) is 5.52. The number of rotatable bonds is 4. The Kier molecular flexibility index (Phi) is 9.63. The lowest BCUT2D eigenvalue weighted by Crippen LogP contribution is -2.52. The van der Waals surface area contributed by atoms with Gasteiger partial charge in [-0.1, -0.05) is 73.4 Å². The molecule has 0 unspecified atom stereocenters. The monoisotopic (exact) mass is 702 g/mol. The lowest BCUT2D eigenvalue weighted by Gasteiger charge is -2.31. The number of imidazole rings is 1.